The van der Waals surface area contributed by atoms with Crippen molar-refractivity contribution in [1.29, 1.82) is 0 Å². The molecule has 0 aliphatic heterocycles. The molecular formula is C5H6O4S. The normalized spacial score (nSPS) is 9.70. The van der Waals surface area contributed by atoms with Crippen molar-refractivity contribution in [3.05, 3.63) is 12.3 Å². The Bertz CT molecular complexity index is 163. The number of aliphatic carboxylic acids is 1. The van der Waals surface area contributed by atoms with E-state index in [0.717, 1.165) is 12.3 Å². The Hall–Kier alpha value is -0.970. The fraction of sp³-hybridized carbons (Fsp3) is 0.200. The molecule has 0 aliphatic carbocycles. The molecule has 0 aliphatic rings. The summed E-state index contributed by atoms with van der Waals surface area (Å²) in [5.74, 6) is -1.81. The minimum Gasteiger partial charge on any atom is -0.478 e. The highest BCUT2D eigenvalue weighted by molar-refractivity contribution is 7.81. The van der Waals surface area contributed by atoms with Crippen LogP contribution in [0.3, 0.4) is 0 Å². The fourth-order valence-corrected chi connectivity index (χ4v) is 0.280. The van der Waals surface area contributed by atoms with Crippen LogP contribution in [-0.4, -0.2) is 22.8 Å². The van der Waals surface area contributed by atoms with Crippen LogP contribution in [0.25, 0.3) is 0 Å². The standard InChI is InChI=1S/C5H6O4S/c6-4(7)1-2-9-5(8)3-10/h1-2,10H,3H2,(H,6,7)/b2-1+. The number of esters is 1. The van der Waals surface area contributed by atoms with Gasteiger partial charge in [0.15, 0.2) is 0 Å². The molecule has 0 bridgehead atoms. The van der Waals surface area contributed by atoms with Crippen LogP contribution in [-0.2, 0) is 14.3 Å². The van der Waals surface area contributed by atoms with Gasteiger partial charge < -0.3 is 9.84 Å². The van der Waals surface area contributed by atoms with Crippen LogP contribution in [0.4, 0.5) is 0 Å². The molecule has 0 aromatic rings. The molecule has 4 nitrogen and oxygen atoms in total. The second-order valence-electron chi connectivity index (χ2n) is 1.29. The second kappa shape index (κ2) is 4.87. The number of hydrogen-bond acceptors (Lipinski definition) is 4. The molecule has 0 aromatic carbocycles. The summed E-state index contributed by atoms with van der Waals surface area (Å²) in [5.41, 5.74) is 0. The molecule has 0 saturated carbocycles. The number of carboxylic acids is 1. The topological polar surface area (TPSA) is 63.6 Å². The van der Waals surface area contributed by atoms with E-state index in [-0.39, 0.29) is 5.75 Å². The van der Waals surface area contributed by atoms with Crippen LogP contribution >= 0.6 is 12.6 Å². The number of rotatable bonds is 3. The van der Waals surface area contributed by atoms with E-state index >= 15 is 0 Å². The maximum absolute atomic E-state index is 10.3. The van der Waals surface area contributed by atoms with Gasteiger partial charge in [0.05, 0.1) is 11.8 Å². The Morgan fingerprint density at radius 1 is 1.60 bits per heavy atom. The van der Waals surface area contributed by atoms with Gasteiger partial charge in [-0.15, -0.1) is 0 Å². The molecule has 1 N–H and O–H groups in total. The van der Waals surface area contributed by atoms with Crippen LogP contribution in [0.5, 0.6) is 0 Å². The average Bonchev–Trinajstić information content (AvgIpc) is 1.87. The molecular weight excluding hydrogens is 156 g/mol. The van der Waals surface area contributed by atoms with Gasteiger partial charge in [-0.05, 0) is 0 Å². The Labute approximate surface area is 62.9 Å². The van der Waals surface area contributed by atoms with E-state index in [0.29, 0.717) is 0 Å². The minimum atomic E-state index is -1.16. The summed E-state index contributed by atoms with van der Waals surface area (Å²) in [7, 11) is 0. The minimum absolute atomic E-state index is 0.0655. The van der Waals surface area contributed by atoms with Crippen molar-refractivity contribution in [2.45, 2.75) is 0 Å². The van der Waals surface area contributed by atoms with Crippen molar-refractivity contribution in [2.75, 3.05) is 5.75 Å². The first-order valence-electron chi connectivity index (χ1n) is 2.36. The molecule has 0 aromatic heterocycles. The quantitative estimate of drug-likeness (QED) is 0.266. The Balaban J connectivity index is 3.53. The summed E-state index contributed by atoms with van der Waals surface area (Å²) >= 11 is 3.58. The zero-order valence-corrected chi connectivity index (χ0v) is 5.88. The molecule has 0 rings (SSSR count). The predicted octanol–water partition coefficient (Wildman–Crippen LogP) is 0.0577. The van der Waals surface area contributed by atoms with Gasteiger partial charge in [0.25, 0.3) is 0 Å². The lowest BCUT2D eigenvalue weighted by Crippen LogP contribution is -2.00. The summed E-state index contributed by atoms with van der Waals surface area (Å²) < 4.78 is 4.23. The second-order valence-corrected chi connectivity index (χ2v) is 1.61. The van der Waals surface area contributed by atoms with E-state index in [1.54, 1.807) is 0 Å². The first kappa shape index (κ1) is 9.03. The van der Waals surface area contributed by atoms with Gasteiger partial charge in [-0.3, -0.25) is 4.79 Å². The van der Waals surface area contributed by atoms with E-state index < -0.39 is 11.9 Å². The first-order valence-corrected chi connectivity index (χ1v) is 3.00. The molecule has 5 heteroatoms. The fourth-order valence-electron chi connectivity index (χ4n) is 0.205. The van der Waals surface area contributed by atoms with Gasteiger partial charge in [-0.2, -0.15) is 12.6 Å². The molecule has 0 saturated heterocycles. The van der Waals surface area contributed by atoms with E-state index in [1.165, 1.54) is 0 Å². The molecule has 0 amide bonds. The maximum atomic E-state index is 10.3. The summed E-state index contributed by atoms with van der Waals surface area (Å²) in [5, 5.41) is 8.00. The van der Waals surface area contributed by atoms with Crippen LogP contribution < -0.4 is 0 Å². The molecule has 0 atom stereocenters. The van der Waals surface area contributed by atoms with Crippen molar-refractivity contribution in [2.24, 2.45) is 0 Å². The zero-order chi connectivity index (χ0) is 7.98. The molecule has 0 heterocycles. The van der Waals surface area contributed by atoms with Crippen molar-refractivity contribution in [3.8, 4) is 0 Å². The van der Waals surface area contributed by atoms with Crippen molar-refractivity contribution in [1.82, 2.24) is 0 Å². The Morgan fingerprint density at radius 3 is 2.60 bits per heavy atom. The largest absolute Gasteiger partial charge is 0.478 e. The van der Waals surface area contributed by atoms with E-state index in [4.69, 9.17) is 5.11 Å². The molecule has 0 spiro atoms. The van der Waals surface area contributed by atoms with Gasteiger partial charge in [-0.25, -0.2) is 4.79 Å². The maximum Gasteiger partial charge on any atom is 0.331 e. The highest BCUT2D eigenvalue weighted by atomic mass is 32.1. The lowest BCUT2D eigenvalue weighted by molar-refractivity contribution is -0.135. The SMILES string of the molecule is O=C(O)/C=C/OC(=O)CS. The molecule has 10 heavy (non-hydrogen) atoms. The molecule has 0 radical (unpaired) electrons. The van der Waals surface area contributed by atoms with Crippen molar-refractivity contribution in [3.63, 3.8) is 0 Å². The van der Waals surface area contributed by atoms with E-state index in [9.17, 15) is 9.59 Å². The van der Waals surface area contributed by atoms with Crippen LogP contribution in [0, 0.1) is 0 Å². The zero-order valence-electron chi connectivity index (χ0n) is 4.98. The lowest BCUT2D eigenvalue weighted by Gasteiger charge is -1.90. The highest BCUT2D eigenvalue weighted by Gasteiger charge is 1.93. The van der Waals surface area contributed by atoms with Crippen molar-refractivity contribution < 1.29 is 19.4 Å². The molecule has 0 unspecified atom stereocenters. The smallest absolute Gasteiger partial charge is 0.331 e. The number of carboxylic acid groups (broad SMARTS) is 1. The van der Waals surface area contributed by atoms with Crippen molar-refractivity contribution >= 4 is 24.6 Å². The summed E-state index contributed by atoms with van der Waals surface area (Å²) in [6, 6.07) is 0. The van der Waals surface area contributed by atoms with Crippen LogP contribution in [0.2, 0.25) is 0 Å². The highest BCUT2D eigenvalue weighted by Crippen LogP contribution is 1.83. The molecule has 0 fully saturated rings. The van der Waals surface area contributed by atoms with Gasteiger partial charge in [0, 0.05) is 0 Å². The first-order chi connectivity index (χ1) is 4.66. The summed E-state index contributed by atoms with van der Waals surface area (Å²) in [4.78, 5) is 20.0. The monoisotopic (exact) mass is 162 g/mol. The number of ether oxygens (including phenoxy) is 1. The Morgan fingerprint density at radius 2 is 2.20 bits per heavy atom. The third-order valence-corrected chi connectivity index (χ3v) is 0.797. The lowest BCUT2D eigenvalue weighted by atomic mass is 10.6. The van der Waals surface area contributed by atoms with Crippen LogP contribution in [0.1, 0.15) is 0 Å². The number of thiol groups is 1. The van der Waals surface area contributed by atoms with Gasteiger partial charge >= 0.3 is 11.9 Å². The third kappa shape index (κ3) is 5.17. The van der Waals surface area contributed by atoms with Gasteiger partial charge in [-0.1, -0.05) is 0 Å². The van der Waals surface area contributed by atoms with E-state index in [2.05, 4.69) is 17.4 Å². The van der Waals surface area contributed by atoms with Crippen LogP contribution in [0.15, 0.2) is 12.3 Å². The van der Waals surface area contributed by atoms with E-state index in [1.807, 2.05) is 0 Å². The Kier molecular flexibility index (Phi) is 4.39. The number of carbonyl (C=O) groups is 2. The number of carbonyl (C=O) groups excluding carboxylic acids is 1. The van der Waals surface area contributed by atoms with Gasteiger partial charge in [0.2, 0.25) is 0 Å². The molecule has 56 valence electrons. The predicted molar refractivity (Wildman–Crippen MR) is 36.7 cm³/mol. The summed E-state index contributed by atoms with van der Waals surface area (Å²) in [6.45, 7) is 0. The van der Waals surface area contributed by atoms with Gasteiger partial charge in [0.1, 0.15) is 6.26 Å². The summed E-state index contributed by atoms with van der Waals surface area (Å²) in [6.07, 6.45) is 1.53. The third-order valence-electron chi connectivity index (χ3n) is 0.539. The average molecular weight is 162 g/mol. The number of hydrogen-bond donors (Lipinski definition) is 2.